The highest BCUT2D eigenvalue weighted by molar-refractivity contribution is 5.83. The first-order valence-corrected chi connectivity index (χ1v) is 7.38. The molecule has 5 heteroatoms. The van der Waals surface area contributed by atoms with Crippen molar-refractivity contribution < 1.29 is 14.7 Å². The van der Waals surface area contributed by atoms with Crippen LogP contribution in [-0.2, 0) is 16.0 Å². The van der Waals surface area contributed by atoms with E-state index in [1.165, 1.54) is 5.56 Å². The Bertz CT molecular complexity index is 516. The minimum Gasteiger partial charge on any atom is -0.481 e. The van der Waals surface area contributed by atoms with Crippen LogP contribution in [-0.4, -0.2) is 30.1 Å². The van der Waals surface area contributed by atoms with Crippen LogP contribution in [0.2, 0.25) is 0 Å². The first-order chi connectivity index (χ1) is 10.1. The molecule has 5 nitrogen and oxygen atoms in total. The number of hydrogen-bond donors (Lipinski definition) is 3. The van der Waals surface area contributed by atoms with Gasteiger partial charge in [0.05, 0.1) is 0 Å². The van der Waals surface area contributed by atoms with E-state index in [9.17, 15) is 9.59 Å². The lowest BCUT2D eigenvalue weighted by molar-refractivity contribution is -0.137. The third kappa shape index (κ3) is 4.29. The van der Waals surface area contributed by atoms with Crippen molar-refractivity contribution >= 4 is 11.9 Å². The van der Waals surface area contributed by atoms with Crippen LogP contribution in [0.5, 0.6) is 0 Å². The number of carboxylic acid groups (broad SMARTS) is 1. The number of nitrogens with one attached hydrogen (secondary N) is 2. The standard InChI is InChI=1S/C16H22N2O3/c1-11(6-7-14(19)20)10-18-16(21)15-13-5-3-2-4-12(13)8-9-17-15/h2-5,11,15,17H,6-10H2,1H3,(H,18,21)(H,19,20). The zero-order valence-corrected chi connectivity index (χ0v) is 12.3. The lowest BCUT2D eigenvalue weighted by Crippen LogP contribution is -2.42. The van der Waals surface area contributed by atoms with E-state index in [4.69, 9.17) is 5.11 Å². The highest BCUT2D eigenvalue weighted by Crippen LogP contribution is 2.22. The number of carboxylic acids is 1. The lowest BCUT2D eigenvalue weighted by atomic mass is 9.94. The number of hydrogen-bond acceptors (Lipinski definition) is 3. The molecule has 1 heterocycles. The molecule has 1 amide bonds. The van der Waals surface area contributed by atoms with Crippen molar-refractivity contribution in [1.82, 2.24) is 10.6 Å². The van der Waals surface area contributed by atoms with Crippen molar-refractivity contribution in [3.05, 3.63) is 35.4 Å². The van der Waals surface area contributed by atoms with Crippen LogP contribution in [0.4, 0.5) is 0 Å². The van der Waals surface area contributed by atoms with E-state index in [0.29, 0.717) is 13.0 Å². The summed E-state index contributed by atoms with van der Waals surface area (Å²) in [5.74, 6) is -0.677. The summed E-state index contributed by atoms with van der Waals surface area (Å²) in [6.45, 7) is 3.25. The Kier molecular flexibility index (Phi) is 5.33. The van der Waals surface area contributed by atoms with E-state index in [-0.39, 0.29) is 24.3 Å². The molecular formula is C16H22N2O3. The maximum Gasteiger partial charge on any atom is 0.303 e. The highest BCUT2D eigenvalue weighted by Gasteiger charge is 2.25. The number of amides is 1. The molecule has 0 fully saturated rings. The Labute approximate surface area is 124 Å². The van der Waals surface area contributed by atoms with Gasteiger partial charge in [0.1, 0.15) is 6.04 Å². The SMILES string of the molecule is CC(CCC(=O)O)CNC(=O)C1NCCc2ccccc21. The molecule has 2 atom stereocenters. The van der Waals surface area contributed by atoms with Crippen molar-refractivity contribution in [3.8, 4) is 0 Å². The first kappa shape index (κ1) is 15.5. The zero-order chi connectivity index (χ0) is 15.2. The maximum absolute atomic E-state index is 12.3. The third-order valence-corrected chi connectivity index (χ3v) is 3.85. The molecule has 0 bridgehead atoms. The Hall–Kier alpha value is -1.88. The number of fused-ring (bicyclic) bond motifs is 1. The molecule has 0 radical (unpaired) electrons. The van der Waals surface area contributed by atoms with Gasteiger partial charge in [0.25, 0.3) is 0 Å². The quantitative estimate of drug-likeness (QED) is 0.742. The summed E-state index contributed by atoms with van der Waals surface area (Å²) in [5.41, 5.74) is 2.26. The van der Waals surface area contributed by atoms with Gasteiger partial charge < -0.3 is 15.7 Å². The van der Waals surface area contributed by atoms with Gasteiger partial charge in [-0.25, -0.2) is 0 Å². The van der Waals surface area contributed by atoms with Crippen LogP contribution in [0.15, 0.2) is 24.3 Å². The van der Waals surface area contributed by atoms with Crippen LogP contribution in [0.25, 0.3) is 0 Å². The average molecular weight is 290 g/mol. The second-order valence-electron chi connectivity index (χ2n) is 5.62. The largest absolute Gasteiger partial charge is 0.481 e. The molecule has 0 saturated heterocycles. The summed E-state index contributed by atoms with van der Waals surface area (Å²) in [6, 6.07) is 7.68. The van der Waals surface area contributed by atoms with E-state index >= 15 is 0 Å². The first-order valence-electron chi connectivity index (χ1n) is 7.38. The van der Waals surface area contributed by atoms with Gasteiger partial charge in [-0.2, -0.15) is 0 Å². The van der Waals surface area contributed by atoms with Crippen molar-refractivity contribution in [2.45, 2.75) is 32.2 Å². The van der Waals surface area contributed by atoms with Crippen LogP contribution in [0, 0.1) is 5.92 Å². The highest BCUT2D eigenvalue weighted by atomic mass is 16.4. The Balaban J connectivity index is 1.88. The normalized spacial score (nSPS) is 18.6. The summed E-state index contributed by atoms with van der Waals surface area (Å²) < 4.78 is 0. The Morgan fingerprint density at radius 2 is 2.19 bits per heavy atom. The molecule has 1 aliphatic rings. The summed E-state index contributed by atoms with van der Waals surface area (Å²) in [5, 5.41) is 14.8. The topological polar surface area (TPSA) is 78.4 Å². The van der Waals surface area contributed by atoms with Crippen LogP contribution < -0.4 is 10.6 Å². The Morgan fingerprint density at radius 1 is 1.43 bits per heavy atom. The maximum atomic E-state index is 12.3. The minimum atomic E-state index is -0.795. The van der Waals surface area contributed by atoms with E-state index in [1.54, 1.807) is 0 Å². The molecule has 114 valence electrons. The lowest BCUT2D eigenvalue weighted by Gasteiger charge is -2.26. The molecule has 2 unspecified atom stereocenters. The van der Waals surface area contributed by atoms with E-state index in [1.807, 2.05) is 25.1 Å². The zero-order valence-electron chi connectivity index (χ0n) is 12.3. The van der Waals surface area contributed by atoms with E-state index < -0.39 is 5.97 Å². The molecule has 0 spiro atoms. The van der Waals surface area contributed by atoms with Gasteiger partial charge in [-0.15, -0.1) is 0 Å². The van der Waals surface area contributed by atoms with Crippen LogP contribution >= 0.6 is 0 Å². The minimum absolute atomic E-state index is 0.0377. The molecule has 1 aliphatic heterocycles. The van der Waals surface area contributed by atoms with Crippen LogP contribution in [0.3, 0.4) is 0 Å². The molecule has 2 rings (SSSR count). The molecule has 3 N–H and O–H groups in total. The van der Waals surface area contributed by atoms with Gasteiger partial charge in [0.2, 0.25) is 5.91 Å². The number of benzene rings is 1. The number of rotatable bonds is 6. The summed E-state index contributed by atoms with van der Waals surface area (Å²) >= 11 is 0. The predicted octanol–water partition coefficient (Wildman–Crippen LogP) is 1.49. The molecule has 0 saturated carbocycles. The van der Waals surface area contributed by atoms with E-state index in [2.05, 4.69) is 16.7 Å². The fraction of sp³-hybridized carbons (Fsp3) is 0.500. The fourth-order valence-electron chi connectivity index (χ4n) is 2.59. The smallest absolute Gasteiger partial charge is 0.303 e. The molecule has 1 aromatic rings. The van der Waals surface area contributed by atoms with Gasteiger partial charge in [0, 0.05) is 19.5 Å². The van der Waals surface area contributed by atoms with Gasteiger partial charge in [-0.1, -0.05) is 31.2 Å². The van der Waals surface area contributed by atoms with Crippen molar-refractivity contribution in [2.24, 2.45) is 5.92 Å². The summed E-state index contributed by atoms with van der Waals surface area (Å²) in [6.07, 6.45) is 1.65. The number of carbonyl (C=O) groups excluding carboxylic acids is 1. The second-order valence-corrected chi connectivity index (χ2v) is 5.62. The average Bonchev–Trinajstić information content (AvgIpc) is 2.50. The second kappa shape index (κ2) is 7.22. The molecule has 0 aromatic heterocycles. The fourth-order valence-corrected chi connectivity index (χ4v) is 2.59. The molecular weight excluding hydrogens is 268 g/mol. The third-order valence-electron chi connectivity index (χ3n) is 3.85. The molecule has 1 aromatic carbocycles. The number of carbonyl (C=O) groups is 2. The summed E-state index contributed by atoms with van der Waals surface area (Å²) in [4.78, 5) is 22.8. The van der Waals surface area contributed by atoms with Gasteiger partial charge in [0.15, 0.2) is 0 Å². The Morgan fingerprint density at radius 3 is 2.95 bits per heavy atom. The van der Waals surface area contributed by atoms with Crippen molar-refractivity contribution in [3.63, 3.8) is 0 Å². The summed E-state index contributed by atoms with van der Waals surface area (Å²) in [7, 11) is 0. The van der Waals surface area contributed by atoms with Gasteiger partial charge in [-0.3, -0.25) is 9.59 Å². The number of aliphatic carboxylic acids is 1. The predicted molar refractivity (Wildman–Crippen MR) is 79.9 cm³/mol. The van der Waals surface area contributed by atoms with E-state index in [0.717, 1.165) is 18.5 Å². The van der Waals surface area contributed by atoms with Gasteiger partial charge in [-0.05, 0) is 29.9 Å². The van der Waals surface area contributed by atoms with Gasteiger partial charge >= 0.3 is 5.97 Å². The monoisotopic (exact) mass is 290 g/mol. The van der Waals surface area contributed by atoms with Crippen molar-refractivity contribution in [2.75, 3.05) is 13.1 Å². The molecule has 21 heavy (non-hydrogen) atoms. The van der Waals surface area contributed by atoms with Crippen LogP contribution in [0.1, 0.15) is 36.9 Å². The molecule has 0 aliphatic carbocycles. The van der Waals surface area contributed by atoms with Crippen molar-refractivity contribution in [1.29, 1.82) is 0 Å².